The minimum atomic E-state index is 0.367. The summed E-state index contributed by atoms with van der Waals surface area (Å²) in [5.74, 6) is 1.18. The minimum Gasteiger partial charge on any atom is -0.345 e. The number of amides is 1. The van der Waals surface area contributed by atoms with E-state index in [9.17, 15) is 4.79 Å². The fourth-order valence-electron chi connectivity index (χ4n) is 4.38. The Morgan fingerprint density at radius 2 is 1.92 bits per heavy atom. The number of carbonyl (C=O) groups excluding carboxylic acids is 1. The van der Waals surface area contributed by atoms with Gasteiger partial charge in [0.1, 0.15) is 0 Å². The van der Waals surface area contributed by atoms with Gasteiger partial charge in [-0.15, -0.1) is 11.3 Å². The summed E-state index contributed by atoms with van der Waals surface area (Å²) in [7, 11) is 2.18. The average Bonchev–Trinajstić information content (AvgIpc) is 3.29. The van der Waals surface area contributed by atoms with Crippen molar-refractivity contribution in [3.63, 3.8) is 0 Å². The lowest BCUT2D eigenvalue weighted by atomic mass is 10.0. The van der Waals surface area contributed by atoms with E-state index in [0.717, 1.165) is 64.4 Å². The summed E-state index contributed by atoms with van der Waals surface area (Å²) in [6, 6.07) is 0. The molecule has 0 aromatic carbocycles. The molecule has 0 radical (unpaired) electrons. The molecule has 0 spiro atoms. The summed E-state index contributed by atoms with van der Waals surface area (Å²) < 4.78 is 0. The molecule has 2 fully saturated rings. The molecule has 2 aliphatic heterocycles. The molecule has 1 saturated carbocycles. The van der Waals surface area contributed by atoms with Crippen molar-refractivity contribution in [2.75, 3.05) is 44.7 Å². The highest BCUT2D eigenvalue weighted by atomic mass is 32.1. The first kappa shape index (κ1) is 17.3. The van der Waals surface area contributed by atoms with E-state index in [4.69, 9.17) is 4.98 Å². The number of nitrogens with zero attached hydrogens (tertiary/aromatic N) is 4. The van der Waals surface area contributed by atoms with E-state index in [1.165, 1.54) is 41.4 Å². The van der Waals surface area contributed by atoms with Gasteiger partial charge in [-0.2, -0.15) is 0 Å². The lowest BCUT2D eigenvalue weighted by Gasteiger charge is -2.34. The third-order valence-electron chi connectivity index (χ3n) is 6.05. The molecule has 0 unspecified atom stereocenters. The van der Waals surface area contributed by atoms with Gasteiger partial charge in [0.15, 0.2) is 5.13 Å². The molecule has 3 aliphatic rings. The van der Waals surface area contributed by atoms with Crippen molar-refractivity contribution < 1.29 is 4.79 Å². The van der Waals surface area contributed by atoms with Gasteiger partial charge in [-0.25, -0.2) is 4.98 Å². The largest absolute Gasteiger partial charge is 0.345 e. The summed E-state index contributed by atoms with van der Waals surface area (Å²) in [5, 5.41) is 1.17. The lowest BCUT2D eigenvalue weighted by Crippen LogP contribution is -2.48. The second-order valence-electron chi connectivity index (χ2n) is 7.91. The van der Waals surface area contributed by atoms with E-state index in [-0.39, 0.29) is 0 Å². The second kappa shape index (κ2) is 7.62. The van der Waals surface area contributed by atoms with Crippen molar-refractivity contribution in [2.24, 2.45) is 5.92 Å². The van der Waals surface area contributed by atoms with E-state index >= 15 is 0 Å². The van der Waals surface area contributed by atoms with Gasteiger partial charge in [0, 0.05) is 57.0 Å². The van der Waals surface area contributed by atoms with Crippen molar-refractivity contribution in [1.29, 1.82) is 0 Å². The number of hydrogen-bond donors (Lipinski definition) is 0. The average molecular weight is 363 g/mol. The zero-order valence-corrected chi connectivity index (χ0v) is 16.2. The zero-order valence-electron chi connectivity index (χ0n) is 15.4. The molecular formula is C19H30N4OS. The van der Waals surface area contributed by atoms with E-state index in [1.807, 2.05) is 11.3 Å². The fourth-order valence-corrected chi connectivity index (χ4v) is 5.62. The van der Waals surface area contributed by atoms with E-state index < -0.39 is 0 Å². The predicted molar refractivity (Wildman–Crippen MR) is 102 cm³/mol. The lowest BCUT2D eigenvalue weighted by molar-refractivity contribution is -0.131. The van der Waals surface area contributed by atoms with Gasteiger partial charge in [0.25, 0.3) is 0 Å². The molecule has 3 heterocycles. The summed E-state index contributed by atoms with van der Waals surface area (Å²) in [5.41, 5.74) is 1.30. The van der Waals surface area contributed by atoms with Crippen LogP contribution in [0.5, 0.6) is 0 Å². The van der Waals surface area contributed by atoms with Crippen molar-refractivity contribution >= 4 is 22.4 Å². The molecule has 1 saturated heterocycles. The molecule has 6 heteroatoms. The molecule has 4 rings (SSSR count). The summed E-state index contributed by atoms with van der Waals surface area (Å²) in [4.78, 5) is 25.6. The van der Waals surface area contributed by atoms with Gasteiger partial charge in [-0.3, -0.25) is 4.79 Å². The number of rotatable bonds is 4. The Kier molecular flexibility index (Phi) is 5.27. The standard InChI is InChI=1S/C19H30N4OS/c1-21-9-8-16-17(14-21)25-19(20-16)23-12-10-22(11-13-23)18(24)7-6-15-4-2-3-5-15/h15H,2-14H2,1H3. The van der Waals surface area contributed by atoms with Crippen LogP contribution in [0.25, 0.3) is 0 Å². The third-order valence-corrected chi connectivity index (χ3v) is 7.20. The van der Waals surface area contributed by atoms with Crippen LogP contribution in [0.15, 0.2) is 0 Å². The van der Waals surface area contributed by atoms with Crippen LogP contribution in [-0.2, 0) is 17.8 Å². The molecule has 138 valence electrons. The van der Waals surface area contributed by atoms with Gasteiger partial charge in [-0.1, -0.05) is 25.7 Å². The van der Waals surface area contributed by atoms with Crippen LogP contribution >= 0.6 is 11.3 Å². The monoisotopic (exact) mass is 362 g/mol. The van der Waals surface area contributed by atoms with E-state index in [1.54, 1.807) is 0 Å². The number of piperazine rings is 1. The molecule has 0 N–H and O–H groups in total. The van der Waals surface area contributed by atoms with Crippen molar-refractivity contribution in [3.05, 3.63) is 10.6 Å². The minimum absolute atomic E-state index is 0.367. The maximum absolute atomic E-state index is 12.5. The summed E-state index contributed by atoms with van der Waals surface area (Å²) >= 11 is 1.85. The molecule has 1 amide bonds. The number of thiazole rings is 1. The number of fused-ring (bicyclic) bond motifs is 1. The van der Waals surface area contributed by atoms with Crippen molar-refractivity contribution in [2.45, 2.75) is 51.5 Å². The zero-order chi connectivity index (χ0) is 17.2. The van der Waals surface area contributed by atoms with Gasteiger partial charge in [-0.05, 0) is 19.4 Å². The van der Waals surface area contributed by atoms with Gasteiger partial charge >= 0.3 is 0 Å². The summed E-state index contributed by atoms with van der Waals surface area (Å²) in [6.07, 6.45) is 8.34. The Balaban J connectivity index is 1.27. The van der Waals surface area contributed by atoms with Crippen LogP contribution in [0.2, 0.25) is 0 Å². The molecule has 0 atom stereocenters. The molecule has 1 aromatic rings. The number of likely N-dealkylation sites (N-methyl/N-ethyl adjacent to an activating group) is 1. The van der Waals surface area contributed by atoms with Gasteiger partial charge in [0.2, 0.25) is 5.91 Å². The molecule has 1 aromatic heterocycles. The van der Waals surface area contributed by atoms with Crippen LogP contribution in [0.4, 0.5) is 5.13 Å². The highest BCUT2D eigenvalue weighted by Crippen LogP contribution is 2.31. The second-order valence-corrected chi connectivity index (χ2v) is 8.97. The van der Waals surface area contributed by atoms with E-state index in [0.29, 0.717) is 5.91 Å². The maximum Gasteiger partial charge on any atom is 0.222 e. The van der Waals surface area contributed by atoms with Crippen LogP contribution in [0.3, 0.4) is 0 Å². The van der Waals surface area contributed by atoms with Crippen LogP contribution < -0.4 is 4.90 Å². The molecule has 5 nitrogen and oxygen atoms in total. The van der Waals surface area contributed by atoms with Gasteiger partial charge in [0.05, 0.1) is 5.69 Å². The number of aromatic nitrogens is 1. The topological polar surface area (TPSA) is 39.7 Å². The Morgan fingerprint density at radius 1 is 1.16 bits per heavy atom. The van der Waals surface area contributed by atoms with Crippen molar-refractivity contribution in [3.8, 4) is 0 Å². The van der Waals surface area contributed by atoms with Gasteiger partial charge < -0.3 is 14.7 Å². The first-order valence-corrected chi connectivity index (χ1v) is 10.7. The number of anilines is 1. The Bertz CT molecular complexity index is 603. The first-order valence-electron chi connectivity index (χ1n) is 9.89. The summed E-state index contributed by atoms with van der Waals surface area (Å²) in [6.45, 7) is 5.71. The molecule has 1 aliphatic carbocycles. The quantitative estimate of drug-likeness (QED) is 0.826. The normalized spacial score (nSPS) is 22.4. The molecular weight excluding hydrogens is 332 g/mol. The van der Waals surface area contributed by atoms with Crippen LogP contribution in [0, 0.1) is 5.92 Å². The first-order chi connectivity index (χ1) is 12.2. The molecule has 0 bridgehead atoms. The highest BCUT2D eigenvalue weighted by molar-refractivity contribution is 7.15. The number of carbonyl (C=O) groups is 1. The SMILES string of the molecule is CN1CCc2nc(N3CCN(C(=O)CCC4CCCC4)CC3)sc2C1. The Morgan fingerprint density at radius 3 is 2.68 bits per heavy atom. The van der Waals surface area contributed by atoms with Crippen molar-refractivity contribution in [1.82, 2.24) is 14.8 Å². The van der Waals surface area contributed by atoms with Crippen LogP contribution in [-0.4, -0.2) is 60.5 Å². The molecule has 25 heavy (non-hydrogen) atoms. The van der Waals surface area contributed by atoms with Crippen LogP contribution in [0.1, 0.15) is 49.1 Å². The smallest absolute Gasteiger partial charge is 0.222 e. The third kappa shape index (κ3) is 4.00. The fraction of sp³-hybridized carbons (Fsp3) is 0.789. The predicted octanol–water partition coefficient (Wildman–Crippen LogP) is 2.75. The van der Waals surface area contributed by atoms with E-state index in [2.05, 4.69) is 21.7 Å². The number of hydrogen-bond acceptors (Lipinski definition) is 5. The highest BCUT2D eigenvalue weighted by Gasteiger charge is 2.26. The maximum atomic E-state index is 12.5. The Hall–Kier alpha value is -1.14. The Labute approximate surface area is 155 Å².